The van der Waals surface area contributed by atoms with Crippen molar-refractivity contribution in [3.63, 3.8) is 0 Å². The van der Waals surface area contributed by atoms with E-state index in [1.807, 2.05) is 13.8 Å². The molecule has 1 amide bonds. The van der Waals surface area contributed by atoms with Crippen LogP contribution < -0.4 is 10.1 Å². The zero-order valence-electron chi connectivity index (χ0n) is 19.4. The Kier molecular flexibility index (Phi) is 7.33. The molecule has 1 saturated heterocycles. The molecule has 0 unspecified atom stereocenters. The summed E-state index contributed by atoms with van der Waals surface area (Å²) in [5, 5.41) is 6.70. The molecule has 0 aliphatic carbocycles. The molecule has 1 N–H and O–H groups in total. The number of nitrogens with zero attached hydrogens (tertiary/aromatic N) is 2. The Morgan fingerprint density at radius 2 is 1.76 bits per heavy atom. The maximum Gasteiger partial charge on any atom is 0.255 e. The van der Waals surface area contributed by atoms with E-state index in [9.17, 15) is 13.2 Å². The molecule has 1 aromatic heterocycles. The van der Waals surface area contributed by atoms with Crippen molar-refractivity contribution in [1.29, 1.82) is 0 Å². The zero-order chi connectivity index (χ0) is 24.1. The summed E-state index contributed by atoms with van der Waals surface area (Å²) in [4.78, 5) is 12.9. The fraction of sp³-hybridized carbons (Fsp3) is 0.360. The van der Waals surface area contributed by atoms with Gasteiger partial charge in [0.05, 0.1) is 16.2 Å². The van der Waals surface area contributed by atoms with E-state index in [0.717, 1.165) is 36.9 Å². The number of ether oxygens (including phenoxy) is 1. The quantitative estimate of drug-likeness (QED) is 0.523. The van der Waals surface area contributed by atoms with E-state index in [4.69, 9.17) is 9.26 Å². The third-order valence-corrected chi connectivity index (χ3v) is 7.87. The highest BCUT2D eigenvalue weighted by molar-refractivity contribution is 7.89. The second-order valence-corrected chi connectivity index (χ2v) is 10.4. The number of hydrogen-bond acceptors (Lipinski definition) is 6. The minimum atomic E-state index is -3.59. The predicted molar refractivity (Wildman–Crippen MR) is 128 cm³/mol. The Bertz CT molecular complexity index is 1220. The van der Waals surface area contributed by atoms with Crippen LogP contribution in [-0.2, 0) is 16.6 Å². The van der Waals surface area contributed by atoms with Gasteiger partial charge in [-0.1, -0.05) is 24.1 Å². The molecule has 0 bridgehead atoms. The van der Waals surface area contributed by atoms with Crippen LogP contribution >= 0.6 is 0 Å². The summed E-state index contributed by atoms with van der Waals surface area (Å²) in [5.74, 6) is 0.997. The van der Waals surface area contributed by atoms with Gasteiger partial charge in [0.25, 0.3) is 5.91 Å². The van der Waals surface area contributed by atoms with Gasteiger partial charge in [0.2, 0.25) is 10.0 Å². The normalized spacial score (nSPS) is 15.0. The van der Waals surface area contributed by atoms with E-state index < -0.39 is 10.0 Å². The van der Waals surface area contributed by atoms with Crippen molar-refractivity contribution in [2.24, 2.45) is 0 Å². The fourth-order valence-electron chi connectivity index (χ4n) is 3.93. The molecule has 3 aromatic rings. The monoisotopic (exact) mass is 483 g/mol. The second kappa shape index (κ2) is 10.4. The number of anilines is 1. The molecular weight excluding hydrogens is 454 g/mol. The van der Waals surface area contributed by atoms with E-state index in [2.05, 4.69) is 10.5 Å². The molecule has 4 rings (SSSR count). The number of carbonyl (C=O) groups excluding carboxylic acids is 1. The lowest BCUT2D eigenvalue weighted by Gasteiger charge is -2.20. The number of nitrogens with one attached hydrogen (secondary N) is 1. The van der Waals surface area contributed by atoms with Gasteiger partial charge in [0.1, 0.15) is 18.1 Å². The van der Waals surface area contributed by atoms with Gasteiger partial charge in [0.15, 0.2) is 0 Å². The lowest BCUT2D eigenvalue weighted by atomic mass is 10.2. The van der Waals surface area contributed by atoms with E-state index in [0.29, 0.717) is 42.5 Å². The Hall–Kier alpha value is -3.17. The van der Waals surface area contributed by atoms with Gasteiger partial charge in [-0.15, -0.1) is 0 Å². The fourth-order valence-corrected chi connectivity index (χ4v) is 5.50. The lowest BCUT2D eigenvalue weighted by molar-refractivity contribution is 0.102. The Morgan fingerprint density at radius 1 is 1.06 bits per heavy atom. The first kappa shape index (κ1) is 24.0. The van der Waals surface area contributed by atoms with Gasteiger partial charge in [-0.2, -0.15) is 4.31 Å². The Morgan fingerprint density at radius 3 is 2.41 bits per heavy atom. The number of amides is 1. The minimum Gasteiger partial charge on any atom is -0.489 e. The van der Waals surface area contributed by atoms with E-state index in [-0.39, 0.29) is 10.8 Å². The van der Waals surface area contributed by atoms with Crippen LogP contribution in [0.1, 0.15) is 53.1 Å². The average Bonchev–Trinajstić information content (AvgIpc) is 3.01. The van der Waals surface area contributed by atoms with Crippen molar-refractivity contribution < 1.29 is 22.5 Å². The maximum absolute atomic E-state index is 13.1. The largest absolute Gasteiger partial charge is 0.489 e. The summed E-state index contributed by atoms with van der Waals surface area (Å²) in [6.07, 6.45) is 3.83. The summed E-state index contributed by atoms with van der Waals surface area (Å²) in [7, 11) is -3.59. The molecule has 0 spiro atoms. The number of rotatable bonds is 7. The summed E-state index contributed by atoms with van der Waals surface area (Å²) in [5.41, 5.74) is 2.55. The van der Waals surface area contributed by atoms with Gasteiger partial charge >= 0.3 is 0 Å². The summed E-state index contributed by atoms with van der Waals surface area (Å²) in [6.45, 7) is 5.08. The first-order valence-electron chi connectivity index (χ1n) is 11.4. The number of sulfonamides is 1. The van der Waals surface area contributed by atoms with Crippen LogP contribution in [0.4, 0.5) is 5.69 Å². The summed E-state index contributed by atoms with van der Waals surface area (Å²) >= 11 is 0. The molecule has 1 fully saturated rings. The standard InChI is InChI=1S/C25H29N3O5S/c1-18-24(19(2)33-27-18)17-32-22-12-10-20(11-13-22)25(29)26-21-8-7-9-23(16-21)34(30,31)28-14-5-3-4-6-15-28/h7-13,16H,3-6,14-15,17H2,1-2H3,(H,26,29). The topological polar surface area (TPSA) is 102 Å². The zero-order valence-corrected chi connectivity index (χ0v) is 20.2. The third kappa shape index (κ3) is 5.48. The molecule has 34 heavy (non-hydrogen) atoms. The van der Waals surface area contributed by atoms with Crippen molar-refractivity contribution in [2.45, 2.75) is 51.0 Å². The van der Waals surface area contributed by atoms with Crippen molar-refractivity contribution in [1.82, 2.24) is 9.46 Å². The number of hydrogen-bond donors (Lipinski definition) is 1. The highest BCUT2D eigenvalue weighted by Crippen LogP contribution is 2.23. The molecule has 0 atom stereocenters. The smallest absolute Gasteiger partial charge is 0.255 e. The molecule has 0 radical (unpaired) electrons. The molecule has 180 valence electrons. The summed E-state index contributed by atoms with van der Waals surface area (Å²) in [6, 6.07) is 13.2. The van der Waals surface area contributed by atoms with Crippen LogP contribution in [0.3, 0.4) is 0 Å². The highest BCUT2D eigenvalue weighted by atomic mass is 32.2. The van der Waals surface area contributed by atoms with Gasteiger partial charge in [-0.25, -0.2) is 8.42 Å². The SMILES string of the molecule is Cc1noc(C)c1COc1ccc(C(=O)Nc2cccc(S(=O)(=O)N3CCCCCC3)c2)cc1. The van der Waals surface area contributed by atoms with Gasteiger partial charge < -0.3 is 14.6 Å². The van der Waals surface area contributed by atoms with E-state index >= 15 is 0 Å². The molecule has 2 heterocycles. The second-order valence-electron chi connectivity index (χ2n) is 8.42. The maximum atomic E-state index is 13.1. The lowest BCUT2D eigenvalue weighted by Crippen LogP contribution is -2.32. The first-order valence-corrected chi connectivity index (χ1v) is 12.8. The van der Waals surface area contributed by atoms with Crippen LogP contribution in [0.15, 0.2) is 57.9 Å². The van der Waals surface area contributed by atoms with Crippen LogP contribution in [0, 0.1) is 13.8 Å². The molecule has 2 aromatic carbocycles. The highest BCUT2D eigenvalue weighted by Gasteiger charge is 2.25. The van der Waals surface area contributed by atoms with Crippen molar-refractivity contribution in [3.05, 3.63) is 71.1 Å². The van der Waals surface area contributed by atoms with E-state index in [1.165, 1.54) is 6.07 Å². The average molecular weight is 484 g/mol. The minimum absolute atomic E-state index is 0.190. The first-order chi connectivity index (χ1) is 16.3. The molecule has 1 aliphatic rings. The Balaban J connectivity index is 1.40. The molecule has 9 heteroatoms. The molecule has 1 aliphatic heterocycles. The number of aromatic nitrogens is 1. The Labute approximate surface area is 200 Å². The van der Waals surface area contributed by atoms with Gasteiger partial charge in [-0.3, -0.25) is 4.79 Å². The van der Waals surface area contributed by atoms with Crippen LogP contribution in [-0.4, -0.2) is 36.9 Å². The molecule has 8 nitrogen and oxygen atoms in total. The predicted octanol–water partition coefficient (Wildman–Crippen LogP) is 4.69. The molecular formula is C25H29N3O5S. The van der Waals surface area contributed by atoms with Crippen molar-refractivity contribution in [3.8, 4) is 5.75 Å². The van der Waals surface area contributed by atoms with Crippen molar-refractivity contribution >= 4 is 21.6 Å². The van der Waals surface area contributed by atoms with Crippen LogP contribution in [0.25, 0.3) is 0 Å². The van der Waals surface area contributed by atoms with Gasteiger partial charge in [0, 0.05) is 24.3 Å². The van der Waals surface area contributed by atoms with E-state index in [1.54, 1.807) is 46.8 Å². The number of carbonyl (C=O) groups is 1. The summed E-state index contributed by atoms with van der Waals surface area (Å²) < 4.78 is 38.6. The van der Waals surface area contributed by atoms with Crippen LogP contribution in [0.2, 0.25) is 0 Å². The van der Waals surface area contributed by atoms with Crippen LogP contribution in [0.5, 0.6) is 5.75 Å². The van der Waals surface area contributed by atoms with Gasteiger partial charge in [-0.05, 0) is 69.2 Å². The number of benzene rings is 2. The molecule has 0 saturated carbocycles. The number of aryl methyl sites for hydroxylation is 2. The van der Waals surface area contributed by atoms with Crippen molar-refractivity contribution in [2.75, 3.05) is 18.4 Å². The third-order valence-electron chi connectivity index (χ3n) is 5.98.